The summed E-state index contributed by atoms with van der Waals surface area (Å²) in [5, 5.41) is 39.7. The smallest absolute Gasteiger partial charge is 0.289 e. The van der Waals surface area contributed by atoms with Crippen molar-refractivity contribution in [2.75, 3.05) is 83.8 Å². The Morgan fingerprint density at radius 2 is 0.552 bits per heavy atom. The van der Waals surface area contributed by atoms with Gasteiger partial charge in [-0.2, -0.15) is 0 Å². The maximum absolute atomic E-state index is 4.27. The van der Waals surface area contributed by atoms with Crippen LogP contribution in [0.25, 0.3) is 0 Å². The van der Waals surface area contributed by atoms with E-state index in [-0.39, 0.29) is 155 Å². The first-order chi connectivity index (χ1) is 43.6. The molecular weight excluding hydrogens is 2200 g/mol. The van der Waals surface area contributed by atoms with E-state index in [1.54, 1.807) is 0 Å². The summed E-state index contributed by atoms with van der Waals surface area (Å²) in [6, 6.07) is 0.493. The Morgan fingerprint density at radius 1 is 0.312 bits per heavy atom. The minimum atomic E-state index is 0. The van der Waals surface area contributed by atoms with Crippen LogP contribution in [0.5, 0.6) is 0 Å². The first-order valence-corrected chi connectivity index (χ1v) is 38.4. The summed E-state index contributed by atoms with van der Waals surface area (Å²) in [6.07, 6.45) is 20.2. The summed E-state index contributed by atoms with van der Waals surface area (Å²) in [6.45, 7) is 44.6. The molecule has 5 saturated heterocycles. The topological polar surface area (TPSA) is 248 Å². The Hall–Kier alpha value is -0.525. The van der Waals surface area contributed by atoms with Crippen LogP contribution in [0.2, 0.25) is 68.2 Å². The van der Waals surface area contributed by atoms with Gasteiger partial charge in [-0.05, 0) is 93.1 Å². The third kappa shape index (κ3) is 25.7. The monoisotopic (exact) mass is 2300 g/mol. The largest absolute Gasteiger partial charge is 0.447 e. The van der Waals surface area contributed by atoms with Crippen LogP contribution in [0.4, 0.5) is 29.7 Å². The zero-order chi connectivity index (χ0) is 66.5. The second kappa shape index (κ2) is 47.8. The molecule has 0 aromatic carbocycles. The molecule has 0 atom stereocenters. The zero-order valence-corrected chi connectivity index (χ0v) is 77.7. The summed E-state index contributed by atoms with van der Waals surface area (Å²) >= 11 is 0. The molecule has 5 aliphatic heterocycles. The van der Waals surface area contributed by atoms with Crippen molar-refractivity contribution in [3.05, 3.63) is 31.6 Å². The van der Waals surface area contributed by atoms with Gasteiger partial charge in [-0.3, -0.25) is 25.5 Å². The first-order valence-electron chi connectivity index (χ1n) is 33.2. The third-order valence-corrected chi connectivity index (χ3v) is 26.9. The van der Waals surface area contributed by atoms with Crippen LogP contribution in [-0.4, -0.2) is 283 Å². The fourth-order valence-corrected chi connectivity index (χ4v) is 18.9. The Labute approximate surface area is 665 Å². The molecule has 541 valence electrons. The second-order valence-electron chi connectivity index (χ2n) is 24.7. The summed E-state index contributed by atoms with van der Waals surface area (Å²) in [4.78, 5) is 21.2. The van der Waals surface area contributed by atoms with Gasteiger partial charge in [-0.1, -0.05) is 148 Å². The van der Waals surface area contributed by atoms with Crippen LogP contribution in [0.3, 0.4) is 0 Å². The second-order valence-corrected chi connectivity index (χ2v) is 32.7. The predicted molar refractivity (Wildman–Crippen MR) is 393 cm³/mol. The van der Waals surface area contributed by atoms with Gasteiger partial charge < -0.3 is 93.3 Å². The molecule has 96 heavy (non-hydrogen) atoms. The van der Waals surface area contributed by atoms with Crippen LogP contribution in [0.1, 0.15) is 106 Å². The van der Waals surface area contributed by atoms with E-state index in [0.717, 1.165) is 62.3 Å². The summed E-state index contributed by atoms with van der Waals surface area (Å²) < 4.78 is 35.9. The number of rotatable bonds is 20. The minimum Gasteiger partial charge on any atom is -0.447 e. The molecule has 50 heteroatoms. The molecule has 5 aromatic rings. The molecule has 5 fully saturated rings. The van der Waals surface area contributed by atoms with E-state index in [0.29, 0.717) is 75.9 Å². The van der Waals surface area contributed by atoms with Crippen LogP contribution >= 0.6 is 0 Å². The fraction of sp³-hybridized carbons (Fsp3) is 0.783. The van der Waals surface area contributed by atoms with E-state index >= 15 is 0 Å². The molecule has 5 aliphatic rings. The summed E-state index contributed by atoms with van der Waals surface area (Å²) in [5.41, 5.74) is 0. The van der Waals surface area contributed by atoms with E-state index in [9.17, 15) is 0 Å². The van der Waals surface area contributed by atoms with Crippen molar-refractivity contribution in [3.63, 3.8) is 0 Å². The van der Waals surface area contributed by atoms with Gasteiger partial charge in [-0.15, -0.1) is 0 Å². The Kier molecular flexibility index (Phi) is 46.5. The Balaban J connectivity index is 0.000000593. The quantitative estimate of drug-likeness (QED) is 0.0692. The van der Waals surface area contributed by atoms with E-state index in [1.807, 2.05) is 0 Å². The number of anilines is 5. The van der Waals surface area contributed by atoms with Crippen LogP contribution in [0.15, 0.2) is 31.6 Å². The van der Waals surface area contributed by atoms with Gasteiger partial charge in [0.25, 0.3) is 34.9 Å². The number of aromatic nitrogens is 15. The maximum atomic E-state index is 4.27. The average Bonchev–Trinajstić information content (AvgIpc) is 1.37. The first kappa shape index (κ1) is 93.5. The molecule has 0 saturated carbocycles. The molecule has 0 unspecified atom stereocenters. The average molecular weight is 2300 g/mol. The standard InChI is InChI=1S/C11H24B2N6Si.C10H22B2N6Si.C9H20B2N6Si.2C8H18B2N6Si.5Pt/c1-5-6-7-8-9-18-12(2)17(4)20-19(13(18)3)11-14-10-15-16-11;1-5-6-7-8-17-11(2)16(4)19-18(12(17)3)10-13-9-14-15-10;1-5-6-7-16-10(2)15(4)18-17(11(16)3)9-12-8-13-14-9;1-7(2)15-9(3)14(5)17-16(10(15)4)8-11-6-12-13-8;1-5-6-15-9(2)14(4)17-16(10(15)3)8-11-7-12-13-8;;;;;/h10,20H,5-9H2,1-4H3;9,19H,5-8H2,1-4H3;8,18H,5-7H2,1-4H3;6-7,17H,1-5H3;7,17H,5-6H2,1-4H3;;;;;/q5*-1;;;;;. The number of nitrogens with zero attached hydrogens (tertiary/aromatic N) is 30. The molecule has 0 amide bonds. The van der Waals surface area contributed by atoms with Gasteiger partial charge in [0, 0.05) is 135 Å². The molecule has 30 nitrogen and oxygen atoms in total. The van der Waals surface area contributed by atoms with E-state index < -0.39 is 0 Å². The van der Waals surface area contributed by atoms with Crippen molar-refractivity contribution in [1.82, 2.24) is 122 Å². The number of hydrogen-bond acceptors (Lipinski definition) is 25. The summed E-state index contributed by atoms with van der Waals surface area (Å²) in [5.74, 6) is 3.80. The van der Waals surface area contributed by atoms with Gasteiger partial charge in [0.15, 0.2) is 0 Å². The van der Waals surface area contributed by atoms with E-state index in [2.05, 4.69) is 289 Å². The molecule has 0 spiro atoms. The maximum Gasteiger partial charge on any atom is 0.289 e. The summed E-state index contributed by atoms with van der Waals surface area (Å²) in [7, 11) is 11.0. The van der Waals surface area contributed by atoms with Crippen LogP contribution in [0, 0.1) is 0 Å². The van der Waals surface area contributed by atoms with Gasteiger partial charge in [0.05, 0.1) is 31.6 Å². The molecule has 10 rings (SSSR count). The van der Waals surface area contributed by atoms with Crippen molar-refractivity contribution >= 4 is 149 Å². The van der Waals surface area contributed by atoms with Crippen molar-refractivity contribution in [2.24, 2.45) is 0 Å². The van der Waals surface area contributed by atoms with Gasteiger partial charge in [0.2, 0.25) is 34.9 Å². The van der Waals surface area contributed by atoms with Crippen molar-refractivity contribution in [3.8, 4) is 0 Å². The van der Waals surface area contributed by atoms with Crippen LogP contribution < -0.4 is 47.9 Å². The SMILES string of the molecule is CB1N(C)[SiH]N(c2ncn[n-]2)B(C)N1C(C)C.CCCCCCN1B(C)N(C)[SiH]N(c2ncn[n-]2)B1C.CCCCCN1B(C)N(C)[SiH]N(c2ncn[n-]2)B1C.CCCCN1B(C)N(C)[SiH]N(c2ncn[n-]2)B1C.CCCN1B(C)N(C)[SiH]N(c2ncn[n-]2)B1C.[Pt].[Pt].[Pt].[Pt].[Pt]. The van der Waals surface area contributed by atoms with Gasteiger partial charge in [0.1, 0.15) is 49.2 Å². The number of unbranched alkanes of at least 4 members (excludes halogenated alkanes) is 6. The fourth-order valence-electron chi connectivity index (χ4n) is 12.2. The molecule has 5 radical (unpaired) electrons. The zero-order valence-electron chi connectivity index (χ0n) is 60.5. The van der Waals surface area contributed by atoms with Crippen molar-refractivity contribution in [2.45, 2.75) is 180 Å². The Morgan fingerprint density at radius 3 is 0.802 bits per heavy atom. The van der Waals surface area contributed by atoms with Gasteiger partial charge >= 0.3 is 0 Å². The third-order valence-electron chi connectivity index (χ3n) is 18.3. The van der Waals surface area contributed by atoms with Crippen LogP contribution in [-0.2, 0) is 105 Å². The predicted octanol–water partition coefficient (Wildman–Crippen LogP) is -0.673. The molecule has 0 bridgehead atoms. The minimum absolute atomic E-state index is 0. The molecule has 0 aliphatic carbocycles. The number of hydrogen-bond donors (Lipinski definition) is 0. The molecule has 5 aromatic heterocycles. The van der Waals surface area contributed by atoms with E-state index in [1.165, 1.54) is 89.4 Å². The molecule has 10 heterocycles. The van der Waals surface area contributed by atoms with Gasteiger partial charge in [-0.25, -0.2) is 25.5 Å². The Bertz CT molecular complexity index is 2700. The van der Waals surface area contributed by atoms with Crippen molar-refractivity contribution < 1.29 is 105 Å². The molecular formula is C46H102B10N30Pt5Si5-5. The van der Waals surface area contributed by atoms with Crippen molar-refractivity contribution in [1.29, 1.82) is 0 Å². The van der Waals surface area contributed by atoms with E-state index in [4.69, 9.17) is 0 Å². The normalized spacial score (nSPS) is 17.8. The molecule has 0 N–H and O–H groups in total.